The van der Waals surface area contributed by atoms with Gasteiger partial charge in [-0.25, -0.2) is 0 Å². The first kappa shape index (κ1) is 18.3. The lowest BCUT2D eigenvalue weighted by Crippen LogP contribution is -2.34. The lowest BCUT2D eigenvalue weighted by atomic mass is 9.89. The standard InChI is InChI=1S/C7H17NO.C7H16/c1-7(2,3)6(9)5-8-4;1-5-6-7(2,3)4/h6,8-9H,5H2,1-4H3;5-6H2,1-4H3. The van der Waals surface area contributed by atoms with E-state index in [-0.39, 0.29) is 11.5 Å². The Hall–Kier alpha value is -0.0800. The molecular formula is C14H33NO. The predicted molar refractivity (Wildman–Crippen MR) is 73.8 cm³/mol. The summed E-state index contributed by atoms with van der Waals surface area (Å²) < 4.78 is 0. The van der Waals surface area contributed by atoms with Crippen LogP contribution in [0.4, 0.5) is 0 Å². The first-order valence-electron chi connectivity index (χ1n) is 6.37. The van der Waals surface area contributed by atoms with Crippen molar-refractivity contribution < 1.29 is 5.11 Å². The van der Waals surface area contributed by atoms with Crippen molar-refractivity contribution in [2.24, 2.45) is 10.8 Å². The van der Waals surface area contributed by atoms with Crippen LogP contribution in [0.3, 0.4) is 0 Å². The molecule has 0 amide bonds. The van der Waals surface area contributed by atoms with Crippen LogP contribution in [0, 0.1) is 10.8 Å². The Balaban J connectivity index is 0. The normalized spacial score (nSPS) is 14.1. The van der Waals surface area contributed by atoms with Gasteiger partial charge in [0, 0.05) is 6.54 Å². The van der Waals surface area contributed by atoms with Gasteiger partial charge in [-0.05, 0) is 24.3 Å². The van der Waals surface area contributed by atoms with E-state index in [1.807, 2.05) is 27.8 Å². The van der Waals surface area contributed by atoms with Gasteiger partial charge in [0.1, 0.15) is 0 Å². The molecule has 0 saturated heterocycles. The highest BCUT2D eigenvalue weighted by Gasteiger charge is 2.20. The smallest absolute Gasteiger partial charge is 0.0712 e. The van der Waals surface area contributed by atoms with E-state index < -0.39 is 0 Å². The van der Waals surface area contributed by atoms with Gasteiger partial charge in [0.15, 0.2) is 0 Å². The molecule has 0 aromatic rings. The molecule has 0 radical (unpaired) electrons. The summed E-state index contributed by atoms with van der Waals surface area (Å²) in [7, 11) is 1.84. The molecule has 1 atom stereocenters. The Morgan fingerprint density at radius 3 is 1.56 bits per heavy atom. The summed E-state index contributed by atoms with van der Waals surface area (Å²) >= 11 is 0. The van der Waals surface area contributed by atoms with Gasteiger partial charge in [-0.1, -0.05) is 54.9 Å². The van der Waals surface area contributed by atoms with E-state index in [2.05, 4.69) is 33.0 Å². The number of likely N-dealkylation sites (N-methyl/N-ethyl adjacent to an activating group) is 1. The maximum Gasteiger partial charge on any atom is 0.0712 e. The second kappa shape index (κ2) is 8.08. The molecule has 0 rings (SSSR count). The van der Waals surface area contributed by atoms with Gasteiger partial charge in [0.05, 0.1) is 6.10 Å². The number of nitrogens with one attached hydrogen (secondary N) is 1. The lowest BCUT2D eigenvalue weighted by molar-refractivity contribution is 0.0648. The van der Waals surface area contributed by atoms with Gasteiger partial charge in [0.25, 0.3) is 0 Å². The second-order valence-corrected chi connectivity index (χ2v) is 6.75. The van der Waals surface area contributed by atoms with Crippen LogP contribution in [0.5, 0.6) is 0 Å². The minimum atomic E-state index is -0.248. The fourth-order valence-corrected chi connectivity index (χ4v) is 1.25. The number of hydrogen-bond acceptors (Lipinski definition) is 2. The monoisotopic (exact) mass is 231 g/mol. The van der Waals surface area contributed by atoms with Crippen LogP contribution in [0.2, 0.25) is 0 Å². The highest BCUT2D eigenvalue weighted by atomic mass is 16.3. The Labute approximate surface area is 103 Å². The van der Waals surface area contributed by atoms with Crippen molar-refractivity contribution in [3.8, 4) is 0 Å². The molecule has 0 aromatic carbocycles. The molecule has 16 heavy (non-hydrogen) atoms. The molecule has 0 aromatic heterocycles. The highest BCUT2D eigenvalue weighted by molar-refractivity contribution is 4.73. The van der Waals surface area contributed by atoms with Crippen LogP contribution in [0.15, 0.2) is 0 Å². The van der Waals surface area contributed by atoms with Gasteiger partial charge in [-0.15, -0.1) is 0 Å². The maximum absolute atomic E-state index is 9.32. The molecule has 100 valence electrons. The van der Waals surface area contributed by atoms with E-state index in [1.165, 1.54) is 12.8 Å². The van der Waals surface area contributed by atoms with Crippen molar-refractivity contribution in [2.75, 3.05) is 13.6 Å². The fourth-order valence-electron chi connectivity index (χ4n) is 1.25. The summed E-state index contributed by atoms with van der Waals surface area (Å²) in [5, 5.41) is 12.2. The van der Waals surface area contributed by atoms with Gasteiger partial charge in [-0.2, -0.15) is 0 Å². The van der Waals surface area contributed by atoms with Crippen LogP contribution in [0.1, 0.15) is 61.3 Å². The maximum atomic E-state index is 9.32. The van der Waals surface area contributed by atoms with E-state index in [0.29, 0.717) is 12.0 Å². The number of hydrogen-bond donors (Lipinski definition) is 2. The Morgan fingerprint density at radius 2 is 1.50 bits per heavy atom. The van der Waals surface area contributed by atoms with Crippen LogP contribution in [-0.2, 0) is 0 Å². The number of rotatable bonds is 3. The first-order chi connectivity index (χ1) is 7.04. The van der Waals surface area contributed by atoms with Crippen molar-refractivity contribution in [1.29, 1.82) is 0 Å². The molecule has 0 aliphatic heterocycles. The van der Waals surface area contributed by atoms with Gasteiger partial charge >= 0.3 is 0 Å². The Morgan fingerprint density at radius 1 is 1.06 bits per heavy atom. The molecule has 0 aliphatic rings. The highest BCUT2D eigenvalue weighted by Crippen LogP contribution is 2.19. The summed E-state index contributed by atoms with van der Waals surface area (Å²) in [5.41, 5.74) is 0.553. The van der Waals surface area contributed by atoms with Crippen molar-refractivity contribution in [3.63, 3.8) is 0 Å². The van der Waals surface area contributed by atoms with Crippen molar-refractivity contribution in [3.05, 3.63) is 0 Å². The molecule has 0 fully saturated rings. The van der Waals surface area contributed by atoms with E-state index in [1.54, 1.807) is 0 Å². The second-order valence-electron chi connectivity index (χ2n) is 6.75. The van der Waals surface area contributed by atoms with Crippen LogP contribution >= 0.6 is 0 Å². The summed E-state index contributed by atoms with van der Waals surface area (Å²) in [6.45, 7) is 15.8. The molecule has 2 nitrogen and oxygen atoms in total. The zero-order chi connectivity index (χ0) is 13.4. The van der Waals surface area contributed by atoms with Crippen LogP contribution in [0.25, 0.3) is 0 Å². The van der Waals surface area contributed by atoms with Crippen molar-refractivity contribution >= 4 is 0 Å². The molecular weight excluding hydrogens is 198 g/mol. The summed E-state index contributed by atoms with van der Waals surface area (Å²) in [5.74, 6) is 0. The third-order valence-corrected chi connectivity index (χ3v) is 2.40. The predicted octanol–water partition coefficient (Wildman–Crippen LogP) is 3.45. The molecule has 1 unspecified atom stereocenters. The molecule has 0 aliphatic carbocycles. The SMILES string of the molecule is CCCC(C)(C)C.CNCC(O)C(C)(C)C. The fraction of sp³-hybridized carbons (Fsp3) is 1.00. The number of aliphatic hydroxyl groups excluding tert-OH is 1. The largest absolute Gasteiger partial charge is 0.391 e. The van der Waals surface area contributed by atoms with Gasteiger partial charge < -0.3 is 10.4 Å². The number of aliphatic hydroxyl groups is 1. The van der Waals surface area contributed by atoms with Gasteiger partial charge in [0.2, 0.25) is 0 Å². The summed E-state index contributed by atoms with van der Waals surface area (Å²) in [4.78, 5) is 0. The van der Waals surface area contributed by atoms with Crippen molar-refractivity contribution in [2.45, 2.75) is 67.4 Å². The quantitative estimate of drug-likeness (QED) is 0.780. The third-order valence-electron chi connectivity index (χ3n) is 2.40. The first-order valence-corrected chi connectivity index (χ1v) is 6.37. The van der Waals surface area contributed by atoms with Crippen LogP contribution < -0.4 is 5.32 Å². The summed E-state index contributed by atoms with van der Waals surface area (Å²) in [6, 6.07) is 0. The Kier molecular flexibility index (Phi) is 9.23. The van der Waals surface area contributed by atoms with E-state index >= 15 is 0 Å². The lowest BCUT2D eigenvalue weighted by Gasteiger charge is -2.25. The topological polar surface area (TPSA) is 32.3 Å². The minimum absolute atomic E-state index is 0.00299. The zero-order valence-electron chi connectivity index (χ0n) is 12.6. The summed E-state index contributed by atoms with van der Waals surface area (Å²) in [6.07, 6.45) is 2.40. The average molecular weight is 231 g/mol. The van der Waals surface area contributed by atoms with Gasteiger partial charge in [-0.3, -0.25) is 0 Å². The molecule has 2 N–H and O–H groups in total. The van der Waals surface area contributed by atoms with Crippen LogP contribution in [-0.4, -0.2) is 24.8 Å². The zero-order valence-corrected chi connectivity index (χ0v) is 12.6. The van der Waals surface area contributed by atoms with E-state index in [9.17, 15) is 5.11 Å². The molecule has 0 heterocycles. The molecule has 0 saturated carbocycles. The average Bonchev–Trinajstić information content (AvgIpc) is 2.01. The molecule has 0 bridgehead atoms. The molecule has 0 spiro atoms. The van der Waals surface area contributed by atoms with Crippen molar-refractivity contribution in [1.82, 2.24) is 5.32 Å². The third kappa shape index (κ3) is 13.9. The minimum Gasteiger partial charge on any atom is -0.391 e. The Bertz CT molecular complexity index is 153. The molecule has 2 heteroatoms. The van der Waals surface area contributed by atoms with E-state index in [4.69, 9.17) is 0 Å². The van der Waals surface area contributed by atoms with E-state index in [0.717, 1.165) is 0 Å².